The van der Waals surface area contributed by atoms with Crippen LogP contribution >= 0.6 is 0 Å². The van der Waals surface area contributed by atoms with Gasteiger partial charge < -0.3 is 26.0 Å². The maximum Gasteiger partial charge on any atom is 0.271 e. The molecule has 0 unspecified atom stereocenters. The topological polar surface area (TPSA) is 169 Å². The molecule has 5 heterocycles. The normalized spacial score (nSPS) is 13.3. The van der Waals surface area contributed by atoms with Crippen molar-refractivity contribution in [3.8, 4) is 11.6 Å². The maximum absolute atomic E-state index is 13.0. The Morgan fingerprint density at radius 2 is 1.85 bits per heavy atom. The van der Waals surface area contributed by atoms with Gasteiger partial charge in [-0.15, -0.1) is 0 Å². The molecule has 0 radical (unpaired) electrons. The fourth-order valence-electron chi connectivity index (χ4n) is 4.85. The van der Waals surface area contributed by atoms with E-state index < -0.39 is 0 Å². The highest BCUT2D eigenvalue weighted by Gasteiger charge is 2.18. The highest BCUT2D eigenvalue weighted by Crippen LogP contribution is 2.27. The van der Waals surface area contributed by atoms with E-state index in [0.717, 1.165) is 38.4 Å². The summed E-state index contributed by atoms with van der Waals surface area (Å²) in [5.74, 6) is 1.56. The number of ether oxygens (including phenoxy) is 1. The fourth-order valence-corrected chi connectivity index (χ4v) is 4.85. The van der Waals surface area contributed by atoms with Crippen molar-refractivity contribution in [3.63, 3.8) is 0 Å². The number of benzene rings is 1. The van der Waals surface area contributed by atoms with Crippen LogP contribution in [-0.2, 0) is 4.74 Å². The first-order valence-corrected chi connectivity index (χ1v) is 14.8. The van der Waals surface area contributed by atoms with Crippen molar-refractivity contribution in [1.29, 1.82) is 0 Å². The second-order valence-electron chi connectivity index (χ2n) is 10.5. The molecule has 0 aliphatic carbocycles. The molecule has 0 spiro atoms. The molecule has 15 nitrogen and oxygen atoms in total. The molecule has 15 heteroatoms. The average Bonchev–Trinajstić information content (AvgIpc) is 3.78. The average molecular weight is 623 g/mol. The standard InChI is InChI=1S/C31H34N12O3/c1-21-4-6-23(38-30(44)22-5-7-27(34-19-22)42-10-3-8-37-42)16-24(21)39-29-17-25(31(45)32-2)40-43(29)28-18-26(35-20-36-28)33-9-11-41-12-14-46-15-13-41/h3-8,10,16-20,39H,9,11-15H2,1-2H3,(H,32,45)(H,38,44)(H,33,35,36). The lowest BCUT2D eigenvalue weighted by molar-refractivity contribution is 0.0398. The van der Waals surface area contributed by atoms with Gasteiger partial charge in [-0.05, 0) is 42.8 Å². The third kappa shape index (κ3) is 7.17. The lowest BCUT2D eigenvalue weighted by atomic mass is 10.1. The zero-order valence-electron chi connectivity index (χ0n) is 25.5. The number of pyridine rings is 1. The van der Waals surface area contributed by atoms with Crippen LogP contribution in [0.3, 0.4) is 0 Å². The van der Waals surface area contributed by atoms with Crippen LogP contribution in [-0.4, -0.2) is 97.7 Å². The first kappa shape index (κ1) is 30.4. The Morgan fingerprint density at radius 1 is 0.978 bits per heavy atom. The Morgan fingerprint density at radius 3 is 2.61 bits per heavy atom. The monoisotopic (exact) mass is 622 g/mol. The zero-order chi connectivity index (χ0) is 31.9. The SMILES string of the molecule is CNC(=O)c1cc(Nc2cc(NC(=O)c3ccc(-n4cccn4)nc3)ccc2C)n(-c2cc(NCCN3CCOCC3)ncn2)n1. The van der Waals surface area contributed by atoms with Crippen molar-refractivity contribution >= 4 is 34.8 Å². The van der Waals surface area contributed by atoms with E-state index in [0.29, 0.717) is 46.8 Å². The minimum Gasteiger partial charge on any atom is -0.379 e. The molecule has 1 aromatic carbocycles. The molecule has 1 aliphatic heterocycles. The predicted molar refractivity (Wildman–Crippen MR) is 172 cm³/mol. The van der Waals surface area contributed by atoms with E-state index in [1.54, 1.807) is 59.1 Å². The first-order valence-electron chi connectivity index (χ1n) is 14.8. The van der Waals surface area contributed by atoms with Crippen LogP contribution in [0.5, 0.6) is 0 Å². The summed E-state index contributed by atoms with van der Waals surface area (Å²) in [5, 5.41) is 20.9. The van der Waals surface area contributed by atoms with Crippen molar-refractivity contribution in [2.75, 3.05) is 62.4 Å². The van der Waals surface area contributed by atoms with E-state index in [-0.39, 0.29) is 17.5 Å². The minimum absolute atomic E-state index is 0.207. The fraction of sp³-hybridized carbons (Fsp3) is 0.258. The van der Waals surface area contributed by atoms with E-state index in [1.807, 2.05) is 25.1 Å². The van der Waals surface area contributed by atoms with E-state index in [4.69, 9.17) is 4.74 Å². The van der Waals surface area contributed by atoms with E-state index in [2.05, 4.69) is 51.3 Å². The van der Waals surface area contributed by atoms with Gasteiger partial charge in [0.15, 0.2) is 17.3 Å². The summed E-state index contributed by atoms with van der Waals surface area (Å²) in [6, 6.07) is 14.2. The van der Waals surface area contributed by atoms with Crippen LogP contribution in [0, 0.1) is 6.92 Å². The van der Waals surface area contributed by atoms with Gasteiger partial charge in [0.2, 0.25) is 0 Å². The van der Waals surface area contributed by atoms with E-state index in [1.165, 1.54) is 12.5 Å². The number of aromatic nitrogens is 7. The molecule has 46 heavy (non-hydrogen) atoms. The summed E-state index contributed by atoms with van der Waals surface area (Å²) in [4.78, 5) is 41.0. The van der Waals surface area contributed by atoms with E-state index in [9.17, 15) is 9.59 Å². The van der Waals surface area contributed by atoms with Gasteiger partial charge in [-0.1, -0.05) is 6.07 Å². The number of hydrogen-bond acceptors (Lipinski definition) is 11. The van der Waals surface area contributed by atoms with Gasteiger partial charge in [-0.3, -0.25) is 14.5 Å². The molecule has 0 bridgehead atoms. The number of carbonyl (C=O) groups is 2. The van der Waals surface area contributed by atoms with Gasteiger partial charge >= 0.3 is 0 Å². The molecule has 236 valence electrons. The van der Waals surface area contributed by atoms with Gasteiger partial charge in [-0.2, -0.15) is 14.9 Å². The molecule has 4 N–H and O–H groups in total. The van der Waals surface area contributed by atoms with E-state index >= 15 is 0 Å². The molecule has 6 rings (SSSR count). The number of morpholine rings is 1. The molecule has 1 fully saturated rings. The third-order valence-corrected chi connectivity index (χ3v) is 7.38. The molecule has 2 amide bonds. The second-order valence-corrected chi connectivity index (χ2v) is 10.5. The molecule has 5 aromatic rings. The summed E-state index contributed by atoms with van der Waals surface area (Å²) in [6.45, 7) is 6.80. The van der Waals surface area contributed by atoms with Crippen LogP contribution in [0.15, 0.2) is 73.4 Å². The number of hydrogen-bond donors (Lipinski definition) is 4. The lowest BCUT2D eigenvalue weighted by Gasteiger charge is -2.26. The first-order chi connectivity index (χ1) is 22.5. The predicted octanol–water partition coefficient (Wildman–Crippen LogP) is 2.65. The van der Waals surface area contributed by atoms with Crippen LogP contribution in [0.25, 0.3) is 11.6 Å². The Kier molecular flexibility index (Phi) is 9.22. The Labute approximate surface area is 265 Å². The molecule has 1 saturated heterocycles. The Bertz CT molecular complexity index is 1800. The number of anilines is 4. The number of amides is 2. The highest BCUT2D eigenvalue weighted by molar-refractivity contribution is 6.04. The second kappa shape index (κ2) is 14.0. The molecule has 0 saturated carbocycles. The molecule has 0 atom stereocenters. The maximum atomic E-state index is 13.0. The molecule has 1 aliphatic rings. The summed E-state index contributed by atoms with van der Waals surface area (Å²) in [6.07, 6.45) is 6.40. The molecular weight excluding hydrogens is 588 g/mol. The van der Waals surface area contributed by atoms with Crippen LogP contribution in [0.4, 0.5) is 23.0 Å². The summed E-state index contributed by atoms with van der Waals surface area (Å²) in [5.41, 5.74) is 2.79. The number of rotatable bonds is 11. The number of nitrogens with one attached hydrogen (secondary N) is 4. The zero-order valence-corrected chi connectivity index (χ0v) is 25.5. The van der Waals surface area contributed by atoms with Gasteiger partial charge in [0.25, 0.3) is 11.8 Å². The summed E-state index contributed by atoms with van der Waals surface area (Å²) < 4.78 is 8.59. The van der Waals surface area contributed by atoms with Gasteiger partial charge in [0.05, 0.1) is 18.8 Å². The summed E-state index contributed by atoms with van der Waals surface area (Å²) in [7, 11) is 1.55. The van der Waals surface area contributed by atoms with Crippen LogP contribution < -0.4 is 21.3 Å². The summed E-state index contributed by atoms with van der Waals surface area (Å²) >= 11 is 0. The quantitative estimate of drug-likeness (QED) is 0.171. The van der Waals surface area contributed by atoms with Crippen molar-refractivity contribution < 1.29 is 14.3 Å². The van der Waals surface area contributed by atoms with Crippen LogP contribution in [0.1, 0.15) is 26.4 Å². The van der Waals surface area contributed by atoms with Crippen molar-refractivity contribution in [3.05, 3.63) is 90.3 Å². The number of carbonyl (C=O) groups excluding carboxylic acids is 2. The Hall–Kier alpha value is -5.67. The third-order valence-electron chi connectivity index (χ3n) is 7.38. The van der Waals surface area contributed by atoms with Crippen molar-refractivity contribution in [2.45, 2.75) is 6.92 Å². The minimum atomic E-state index is -0.343. The van der Waals surface area contributed by atoms with Crippen molar-refractivity contribution in [2.24, 2.45) is 0 Å². The number of aryl methyl sites for hydroxylation is 1. The molecular formula is C31H34N12O3. The van der Waals surface area contributed by atoms with Crippen LogP contribution in [0.2, 0.25) is 0 Å². The lowest BCUT2D eigenvalue weighted by Crippen LogP contribution is -2.39. The largest absolute Gasteiger partial charge is 0.379 e. The van der Waals surface area contributed by atoms with Crippen molar-refractivity contribution in [1.82, 2.24) is 44.7 Å². The highest BCUT2D eigenvalue weighted by atomic mass is 16.5. The smallest absolute Gasteiger partial charge is 0.271 e. The van der Waals surface area contributed by atoms with Gasteiger partial charge in [0.1, 0.15) is 18.0 Å². The van der Waals surface area contributed by atoms with Gasteiger partial charge in [0, 0.05) is 75.3 Å². The van der Waals surface area contributed by atoms with Gasteiger partial charge in [-0.25, -0.2) is 19.6 Å². The molecule has 4 aromatic heterocycles. The number of nitrogens with zero attached hydrogens (tertiary/aromatic N) is 8. The Balaban J connectivity index is 1.19.